The summed E-state index contributed by atoms with van der Waals surface area (Å²) in [4.78, 5) is 14.7. The van der Waals surface area contributed by atoms with Crippen LogP contribution < -0.4 is 14.8 Å². The van der Waals surface area contributed by atoms with Crippen LogP contribution in [0, 0.1) is 0 Å². The van der Waals surface area contributed by atoms with Gasteiger partial charge in [-0.2, -0.15) is 0 Å². The lowest BCUT2D eigenvalue weighted by molar-refractivity contribution is 0.0383. The number of halogens is 1. The maximum absolute atomic E-state index is 12.9. The molecule has 0 atom stereocenters. The predicted octanol–water partition coefficient (Wildman–Crippen LogP) is 1.89. The lowest BCUT2D eigenvalue weighted by Crippen LogP contribution is -2.41. The quantitative estimate of drug-likeness (QED) is 0.584. The van der Waals surface area contributed by atoms with Crippen molar-refractivity contribution in [2.45, 2.75) is 11.4 Å². The van der Waals surface area contributed by atoms with Gasteiger partial charge in [0.1, 0.15) is 10.6 Å². The summed E-state index contributed by atoms with van der Waals surface area (Å²) in [6.45, 7) is 4.30. The van der Waals surface area contributed by atoms with Gasteiger partial charge < -0.3 is 14.8 Å². The van der Waals surface area contributed by atoms with Crippen LogP contribution in [0.1, 0.15) is 15.9 Å². The zero-order chi connectivity index (χ0) is 22.3. The van der Waals surface area contributed by atoms with Gasteiger partial charge in [0.15, 0.2) is 0 Å². The number of carbonyl (C=O) groups is 1. The second kappa shape index (κ2) is 10.9. The summed E-state index contributed by atoms with van der Waals surface area (Å²) < 4.78 is 38.8. The predicted molar refractivity (Wildman–Crippen MR) is 118 cm³/mol. The molecule has 0 aromatic heterocycles. The van der Waals surface area contributed by atoms with E-state index in [1.54, 1.807) is 30.3 Å². The van der Waals surface area contributed by atoms with E-state index in [1.807, 2.05) is 0 Å². The number of hydrogen-bond donors (Lipinski definition) is 2. The van der Waals surface area contributed by atoms with E-state index in [2.05, 4.69) is 14.9 Å². The van der Waals surface area contributed by atoms with E-state index < -0.39 is 10.0 Å². The summed E-state index contributed by atoms with van der Waals surface area (Å²) >= 11 is 5.86. The highest BCUT2D eigenvalue weighted by atomic mass is 35.5. The van der Waals surface area contributed by atoms with Crippen molar-refractivity contribution in [3.8, 4) is 5.75 Å². The Balaban J connectivity index is 1.66. The molecule has 8 nitrogen and oxygen atoms in total. The number of ether oxygens (including phenoxy) is 2. The number of amides is 1. The molecule has 168 valence electrons. The van der Waals surface area contributed by atoms with Crippen molar-refractivity contribution < 1.29 is 22.7 Å². The second-order valence-electron chi connectivity index (χ2n) is 7.03. The van der Waals surface area contributed by atoms with Gasteiger partial charge in [-0.1, -0.05) is 23.7 Å². The van der Waals surface area contributed by atoms with Crippen LogP contribution in [-0.4, -0.2) is 65.7 Å². The molecule has 2 N–H and O–H groups in total. The van der Waals surface area contributed by atoms with E-state index in [9.17, 15) is 13.2 Å². The number of hydrogen-bond acceptors (Lipinski definition) is 6. The molecule has 0 bridgehead atoms. The first-order chi connectivity index (χ1) is 14.9. The van der Waals surface area contributed by atoms with Crippen molar-refractivity contribution in [2.75, 3.05) is 46.5 Å². The fraction of sp³-hybridized carbons (Fsp3) is 0.381. The van der Waals surface area contributed by atoms with Gasteiger partial charge in [-0.3, -0.25) is 9.69 Å². The molecule has 31 heavy (non-hydrogen) atoms. The Bertz CT molecular complexity index is 993. The highest BCUT2D eigenvalue weighted by Gasteiger charge is 2.22. The molecule has 2 aromatic rings. The van der Waals surface area contributed by atoms with E-state index in [1.165, 1.54) is 19.2 Å². The topological polar surface area (TPSA) is 97.0 Å². The van der Waals surface area contributed by atoms with Crippen molar-refractivity contribution in [3.05, 3.63) is 58.6 Å². The Morgan fingerprint density at radius 3 is 2.55 bits per heavy atom. The van der Waals surface area contributed by atoms with Crippen LogP contribution in [0.25, 0.3) is 0 Å². The van der Waals surface area contributed by atoms with E-state index in [4.69, 9.17) is 21.1 Å². The monoisotopic (exact) mass is 467 g/mol. The SMILES string of the molecule is COc1ccc(C(=O)NCCN2CCOCC2)cc1S(=O)(=O)NCc1ccc(Cl)cc1. The minimum atomic E-state index is -3.92. The Morgan fingerprint density at radius 2 is 1.87 bits per heavy atom. The molecule has 1 aliphatic heterocycles. The van der Waals surface area contributed by atoms with E-state index in [0.29, 0.717) is 31.3 Å². The second-order valence-corrected chi connectivity index (χ2v) is 9.20. The van der Waals surface area contributed by atoms with Crippen LogP contribution in [0.2, 0.25) is 5.02 Å². The first-order valence-electron chi connectivity index (χ1n) is 9.89. The summed E-state index contributed by atoms with van der Waals surface area (Å²) in [6.07, 6.45) is 0. The maximum Gasteiger partial charge on any atom is 0.251 e. The van der Waals surface area contributed by atoms with Crippen molar-refractivity contribution in [1.82, 2.24) is 14.9 Å². The third-order valence-electron chi connectivity index (χ3n) is 4.91. The average Bonchev–Trinajstić information content (AvgIpc) is 2.79. The van der Waals surface area contributed by atoms with Gasteiger partial charge in [-0.15, -0.1) is 0 Å². The van der Waals surface area contributed by atoms with Crippen molar-refractivity contribution in [2.24, 2.45) is 0 Å². The van der Waals surface area contributed by atoms with Crippen LogP contribution in [-0.2, 0) is 21.3 Å². The number of carbonyl (C=O) groups excluding carboxylic acids is 1. The first kappa shape index (κ1) is 23.5. The van der Waals surface area contributed by atoms with Gasteiger partial charge >= 0.3 is 0 Å². The van der Waals surface area contributed by atoms with Gasteiger partial charge in [-0.25, -0.2) is 13.1 Å². The molecule has 1 aliphatic rings. The number of methoxy groups -OCH3 is 1. The van der Waals surface area contributed by atoms with Gasteiger partial charge in [0.05, 0.1) is 20.3 Å². The summed E-state index contributed by atoms with van der Waals surface area (Å²) in [5.41, 5.74) is 0.999. The maximum atomic E-state index is 12.9. The van der Waals surface area contributed by atoms with E-state index in [-0.39, 0.29) is 28.7 Å². The molecule has 1 saturated heterocycles. The zero-order valence-electron chi connectivity index (χ0n) is 17.3. The van der Waals surface area contributed by atoms with Crippen LogP contribution in [0.3, 0.4) is 0 Å². The fourth-order valence-corrected chi connectivity index (χ4v) is 4.48. The smallest absolute Gasteiger partial charge is 0.251 e. The molecule has 0 unspecified atom stereocenters. The number of benzene rings is 2. The van der Waals surface area contributed by atoms with Gasteiger partial charge in [0.2, 0.25) is 10.0 Å². The summed E-state index contributed by atoms with van der Waals surface area (Å²) in [6, 6.07) is 11.2. The molecule has 1 amide bonds. The van der Waals surface area contributed by atoms with Gasteiger partial charge in [0.25, 0.3) is 5.91 Å². The highest BCUT2D eigenvalue weighted by Crippen LogP contribution is 2.25. The van der Waals surface area contributed by atoms with Crippen LogP contribution >= 0.6 is 11.6 Å². The average molecular weight is 468 g/mol. The minimum absolute atomic E-state index is 0.0820. The molecule has 0 aliphatic carbocycles. The third kappa shape index (κ3) is 6.65. The molecule has 1 fully saturated rings. The Labute approximate surface area is 187 Å². The number of sulfonamides is 1. The lowest BCUT2D eigenvalue weighted by atomic mass is 10.2. The number of rotatable bonds is 9. The molecule has 1 heterocycles. The summed E-state index contributed by atoms with van der Waals surface area (Å²) in [5.74, 6) is -0.182. The molecule has 0 spiro atoms. The zero-order valence-corrected chi connectivity index (χ0v) is 18.8. The standard InChI is InChI=1S/C21H26ClN3O5S/c1-29-19-7-4-17(21(26)23-8-9-25-10-12-30-13-11-25)14-20(19)31(27,28)24-15-16-2-5-18(22)6-3-16/h2-7,14,24H,8-13,15H2,1H3,(H,23,26). The van der Waals surface area contributed by atoms with Crippen molar-refractivity contribution >= 4 is 27.5 Å². The molecular formula is C21H26ClN3O5S. The van der Waals surface area contributed by atoms with Crippen molar-refractivity contribution in [1.29, 1.82) is 0 Å². The lowest BCUT2D eigenvalue weighted by Gasteiger charge is -2.26. The van der Waals surface area contributed by atoms with E-state index >= 15 is 0 Å². The largest absolute Gasteiger partial charge is 0.495 e. The van der Waals surface area contributed by atoms with Crippen molar-refractivity contribution in [3.63, 3.8) is 0 Å². The summed E-state index contributed by atoms with van der Waals surface area (Å²) in [7, 11) is -2.53. The Morgan fingerprint density at radius 1 is 1.16 bits per heavy atom. The third-order valence-corrected chi connectivity index (χ3v) is 6.59. The van der Waals surface area contributed by atoms with Crippen LogP contribution in [0.15, 0.2) is 47.4 Å². The molecule has 2 aromatic carbocycles. The molecule has 3 rings (SSSR count). The molecule has 0 radical (unpaired) electrons. The molecule has 0 saturated carbocycles. The van der Waals surface area contributed by atoms with E-state index in [0.717, 1.165) is 18.7 Å². The minimum Gasteiger partial charge on any atom is -0.495 e. The summed E-state index contributed by atoms with van der Waals surface area (Å²) in [5, 5.41) is 3.41. The molecule has 10 heteroatoms. The van der Waals surface area contributed by atoms with Crippen LogP contribution in [0.4, 0.5) is 0 Å². The highest BCUT2D eigenvalue weighted by molar-refractivity contribution is 7.89. The van der Waals surface area contributed by atoms with Gasteiger partial charge in [0, 0.05) is 43.3 Å². The Kier molecular flexibility index (Phi) is 8.28. The Hall–Kier alpha value is -2.17. The molecular weight excluding hydrogens is 442 g/mol. The van der Waals surface area contributed by atoms with Crippen LogP contribution in [0.5, 0.6) is 5.75 Å². The number of nitrogens with one attached hydrogen (secondary N) is 2. The number of morpholine rings is 1. The fourth-order valence-electron chi connectivity index (χ4n) is 3.14. The normalized spacial score (nSPS) is 14.9. The number of nitrogens with zero attached hydrogens (tertiary/aromatic N) is 1. The van der Waals surface area contributed by atoms with Gasteiger partial charge in [-0.05, 0) is 35.9 Å². The first-order valence-corrected chi connectivity index (χ1v) is 11.8.